The van der Waals surface area contributed by atoms with E-state index < -0.39 is 29.7 Å². The number of carbonyl (C=O) groups excluding carboxylic acids is 2. The quantitative estimate of drug-likeness (QED) is 0.812. The van der Waals surface area contributed by atoms with Crippen LogP contribution in [0.5, 0.6) is 0 Å². The molecule has 8 heteroatoms. The number of amides is 1. The Kier molecular flexibility index (Phi) is 5.69. The first-order valence-corrected chi connectivity index (χ1v) is 8.64. The summed E-state index contributed by atoms with van der Waals surface area (Å²) in [5.41, 5.74) is 0.715. The molecule has 1 aliphatic rings. The van der Waals surface area contributed by atoms with E-state index in [1.165, 1.54) is 25.3 Å². The third kappa shape index (κ3) is 4.33. The molecular weight excluding hydrogens is 373 g/mol. The highest BCUT2D eigenvalue weighted by atomic mass is 19.4. The van der Waals surface area contributed by atoms with E-state index in [-0.39, 0.29) is 12.2 Å². The van der Waals surface area contributed by atoms with Gasteiger partial charge in [0.2, 0.25) is 5.91 Å². The van der Waals surface area contributed by atoms with Crippen molar-refractivity contribution in [3.63, 3.8) is 0 Å². The van der Waals surface area contributed by atoms with Gasteiger partial charge in [0.15, 0.2) is 0 Å². The second-order valence-electron chi connectivity index (χ2n) is 6.51. The second kappa shape index (κ2) is 8.02. The number of nitrogens with one attached hydrogen (secondary N) is 1. The Hall–Kier alpha value is -2.87. The van der Waals surface area contributed by atoms with Crippen LogP contribution in [0.1, 0.15) is 16.7 Å². The highest BCUT2D eigenvalue weighted by Crippen LogP contribution is 2.34. The number of nitrogens with zero attached hydrogens (tertiary/aromatic N) is 1. The van der Waals surface area contributed by atoms with Crippen LogP contribution < -0.4 is 5.32 Å². The first kappa shape index (κ1) is 19.9. The topological polar surface area (TPSA) is 58.6 Å². The zero-order chi connectivity index (χ0) is 20.3. The normalized spacial score (nSPS) is 16.9. The Morgan fingerprint density at radius 3 is 2.43 bits per heavy atom. The number of halogens is 3. The predicted molar refractivity (Wildman–Crippen MR) is 96.4 cm³/mol. The third-order valence-electron chi connectivity index (χ3n) is 4.67. The molecule has 0 spiro atoms. The lowest BCUT2D eigenvalue weighted by atomic mass is 9.94. The number of fused-ring (bicyclic) bond motifs is 1. The smallest absolute Gasteiger partial charge is 0.418 e. The maximum Gasteiger partial charge on any atom is 0.418 e. The van der Waals surface area contributed by atoms with Crippen molar-refractivity contribution in [2.45, 2.75) is 25.2 Å². The van der Waals surface area contributed by atoms with E-state index >= 15 is 0 Å². The molecule has 1 amide bonds. The summed E-state index contributed by atoms with van der Waals surface area (Å²) in [7, 11) is 1.26. The molecule has 2 aromatic rings. The van der Waals surface area contributed by atoms with E-state index in [1.807, 2.05) is 24.3 Å². The van der Waals surface area contributed by atoms with Crippen LogP contribution in [0.2, 0.25) is 0 Å². The molecule has 28 heavy (non-hydrogen) atoms. The van der Waals surface area contributed by atoms with Crippen LogP contribution in [0.15, 0.2) is 48.5 Å². The number of ether oxygens (including phenoxy) is 1. The molecule has 0 bridgehead atoms. The molecule has 1 atom stereocenters. The molecule has 0 saturated carbocycles. The van der Waals surface area contributed by atoms with E-state index in [4.69, 9.17) is 4.74 Å². The van der Waals surface area contributed by atoms with Crippen LogP contribution >= 0.6 is 0 Å². The molecule has 0 unspecified atom stereocenters. The molecule has 0 fully saturated rings. The average molecular weight is 392 g/mol. The largest absolute Gasteiger partial charge is 0.468 e. The fourth-order valence-electron chi connectivity index (χ4n) is 3.33. The lowest BCUT2D eigenvalue weighted by Gasteiger charge is -2.34. The maximum absolute atomic E-state index is 13.1. The second-order valence-corrected chi connectivity index (χ2v) is 6.51. The molecule has 0 saturated heterocycles. The van der Waals surface area contributed by atoms with E-state index in [2.05, 4.69) is 5.32 Å². The monoisotopic (exact) mass is 392 g/mol. The van der Waals surface area contributed by atoms with Gasteiger partial charge in [-0.05, 0) is 29.7 Å². The van der Waals surface area contributed by atoms with Gasteiger partial charge in [-0.2, -0.15) is 13.2 Å². The van der Waals surface area contributed by atoms with Gasteiger partial charge < -0.3 is 10.1 Å². The van der Waals surface area contributed by atoms with Crippen LogP contribution in [0.3, 0.4) is 0 Å². The van der Waals surface area contributed by atoms with Gasteiger partial charge in [0.1, 0.15) is 6.04 Å². The van der Waals surface area contributed by atoms with Gasteiger partial charge in [-0.15, -0.1) is 0 Å². The minimum atomic E-state index is -4.58. The number of hydrogen-bond donors (Lipinski definition) is 1. The molecule has 0 aliphatic carbocycles. The summed E-state index contributed by atoms with van der Waals surface area (Å²) in [4.78, 5) is 26.2. The molecular formula is C20H19F3N2O3. The van der Waals surface area contributed by atoms with Crippen LogP contribution in [-0.2, 0) is 33.5 Å². The number of hydrogen-bond acceptors (Lipinski definition) is 4. The van der Waals surface area contributed by atoms with Crippen LogP contribution in [0.25, 0.3) is 0 Å². The zero-order valence-electron chi connectivity index (χ0n) is 15.1. The number of anilines is 1. The third-order valence-corrected chi connectivity index (χ3v) is 4.67. The molecule has 5 nitrogen and oxygen atoms in total. The van der Waals surface area contributed by atoms with Gasteiger partial charge in [-0.3, -0.25) is 14.5 Å². The highest BCUT2D eigenvalue weighted by molar-refractivity contribution is 5.93. The lowest BCUT2D eigenvalue weighted by molar-refractivity contribution is -0.148. The number of alkyl halides is 3. The minimum absolute atomic E-state index is 0.236. The highest BCUT2D eigenvalue weighted by Gasteiger charge is 2.35. The predicted octanol–water partition coefficient (Wildman–Crippen LogP) is 3.24. The number of benzene rings is 2. The minimum Gasteiger partial charge on any atom is -0.468 e. The van der Waals surface area contributed by atoms with Crippen LogP contribution in [0, 0.1) is 0 Å². The number of para-hydroxylation sites is 1. The summed E-state index contributed by atoms with van der Waals surface area (Å²) in [5, 5.41) is 2.31. The maximum atomic E-state index is 13.1. The zero-order valence-corrected chi connectivity index (χ0v) is 15.1. The van der Waals surface area contributed by atoms with Gasteiger partial charge in [0.05, 0.1) is 24.9 Å². The fraction of sp³-hybridized carbons (Fsp3) is 0.300. The molecule has 0 radical (unpaired) electrons. The summed E-state index contributed by atoms with van der Waals surface area (Å²) in [6.45, 7) is 0.0879. The molecule has 3 rings (SSSR count). The molecule has 1 aliphatic heterocycles. The van der Waals surface area contributed by atoms with Crippen molar-refractivity contribution >= 4 is 17.6 Å². The molecule has 148 valence electrons. The fourth-order valence-corrected chi connectivity index (χ4v) is 3.33. The summed E-state index contributed by atoms with van der Waals surface area (Å²) < 4.78 is 44.2. The summed E-state index contributed by atoms with van der Waals surface area (Å²) in [6.07, 6.45) is -4.21. The number of methoxy groups -OCH3 is 1. The van der Waals surface area contributed by atoms with Gasteiger partial charge in [-0.1, -0.05) is 36.4 Å². The van der Waals surface area contributed by atoms with E-state index in [9.17, 15) is 22.8 Å². The molecule has 2 aromatic carbocycles. The number of esters is 1. The average Bonchev–Trinajstić information content (AvgIpc) is 2.66. The van der Waals surface area contributed by atoms with Crippen molar-refractivity contribution in [2.75, 3.05) is 19.0 Å². The van der Waals surface area contributed by atoms with Gasteiger partial charge >= 0.3 is 12.1 Å². The number of rotatable bonds is 4. The van der Waals surface area contributed by atoms with E-state index in [0.29, 0.717) is 13.0 Å². The van der Waals surface area contributed by atoms with Crippen molar-refractivity contribution in [1.82, 2.24) is 4.90 Å². The Morgan fingerprint density at radius 2 is 1.75 bits per heavy atom. The van der Waals surface area contributed by atoms with Crippen molar-refractivity contribution in [2.24, 2.45) is 0 Å². The first-order chi connectivity index (χ1) is 13.3. The van der Waals surface area contributed by atoms with Crippen molar-refractivity contribution in [1.29, 1.82) is 0 Å². The van der Waals surface area contributed by atoms with Crippen LogP contribution in [0.4, 0.5) is 18.9 Å². The summed E-state index contributed by atoms with van der Waals surface area (Å²) in [6, 6.07) is 11.6. The van der Waals surface area contributed by atoms with E-state index in [0.717, 1.165) is 17.2 Å². The Labute approximate surface area is 160 Å². The van der Waals surface area contributed by atoms with Gasteiger partial charge in [-0.25, -0.2) is 0 Å². The van der Waals surface area contributed by atoms with Crippen molar-refractivity contribution in [3.8, 4) is 0 Å². The summed E-state index contributed by atoms with van der Waals surface area (Å²) in [5.74, 6) is -1.12. The van der Waals surface area contributed by atoms with E-state index in [1.54, 1.807) is 4.90 Å². The van der Waals surface area contributed by atoms with Gasteiger partial charge in [0, 0.05) is 6.54 Å². The Bertz CT molecular complexity index is 883. The number of carbonyl (C=O) groups is 2. The lowest BCUT2D eigenvalue weighted by Crippen LogP contribution is -2.49. The standard InChI is InChI=1S/C20H19F3N2O3/c1-28-19(27)17-10-13-6-2-3-7-14(13)11-25(17)12-18(26)24-16-9-5-4-8-15(16)20(21,22)23/h2-9,17H,10-12H2,1H3,(H,24,26)/t17-/m0/s1. The molecule has 0 aromatic heterocycles. The van der Waals surface area contributed by atoms with Crippen molar-refractivity contribution in [3.05, 3.63) is 65.2 Å². The Morgan fingerprint density at radius 1 is 1.11 bits per heavy atom. The molecule has 1 heterocycles. The molecule has 1 N–H and O–H groups in total. The van der Waals surface area contributed by atoms with Crippen molar-refractivity contribution < 1.29 is 27.5 Å². The summed E-state index contributed by atoms with van der Waals surface area (Å²) >= 11 is 0. The Balaban J connectivity index is 1.78. The first-order valence-electron chi connectivity index (χ1n) is 8.64. The SMILES string of the molecule is COC(=O)[C@@H]1Cc2ccccc2CN1CC(=O)Nc1ccccc1C(F)(F)F. The van der Waals surface area contributed by atoms with Crippen LogP contribution in [-0.4, -0.2) is 36.5 Å². The van der Waals surface area contributed by atoms with Gasteiger partial charge in [0.25, 0.3) is 0 Å².